The van der Waals surface area contributed by atoms with Crippen LogP contribution in [-0.2, 0) is 27.5 Å². The molecule has 1 amide bonds. The second-order valence-corrected chi connectivity index (χ2v) is 11.4. The van der Waals surface area contributed by atoms with Gasteiger partial charge in [-0.2, -0.15) is 13.2 Å². The molecule has 0 radical (unpaired) electrons. The standard InChI is InChI=1S/C32H37F3N6O3/c1-6-31(5,30(43)38-18-32(33,34)35)40-26-13-15-36-27(39-26)25-17-41(28-24(25)8-7-14-37-28)19-44-29(42)21(4)23-11-9-22(10-12-23)16-20(2)3/h7-15,17,20-21H,6,16,18-19H2,1-5H3,(H,38,43)(H,36,39,40)/t21-,31-/m1/s1. The lowest BCUT2D eigenvalue weighted by Gasteiger charge is -2.29. The van der Waals surface area contributed by atoms with Crippen molar-refractivity contribution in [3.05, 3.63) is 72.2 Å². The molecule has 0 aliphatic carbocycles. The summed E-state index contributed by atoms with van der Waals surface area (Å²) in [6.07, 6.45) is 1.47. The molecule has 0 aliphatic rings. The fourth-order valence-electron chi connectivity index (χ4n) is 4.73. The highest BCUT2D eigenvalue weighted by molar-refractivity contribution is 5.92. The molecule has 0 unspecified atom stereocenters. The summed E-state index contributed by atoms with van der Waals surface area (Å²) < 4.78 is 45.4. The van der Waals surface area contributed by atoms with Gasteiger partial charge in [0.15, 0.2) is 12.6 Å². The van der Waals surface area contributed by atoms with Crippen molar-refractivity contribution >= 4 is 28.7 Å². The van der Waals surface area contributed by atoms with Gasteiger partial charge in [-0.1, -0.05) is 45.0 Å². The highest BCUT2D eigenvalue weighted by Crippen LogP contribution is 2.29. The lowest BCUT2D eigenvalue weighted by molar-refractivity contribution is -0.148. The summed E-state index contributed by atoms with van der Waals surface area (Å²) in [5.74, 6) is -0.568. The maximum Gasteiger partial charge on any atom is 0.405 e. The Labute approximate surface area is 254 Å². The number of aromatic nitrogens is 4. The van der Waals surface area contributed by atoms with E-state index in [0.29, 0.717) is 28.3 Å². The first-order valence-corrected chi connectivity index (χ1v) is 14.5. The summed E-state index contributed by atoms with van der Waals surface area (Å²) in [6, 6.07) is 13.1. The minimum absolute atomic E-state index is 0.0899. The van der Waals surface area contributed by atoms with Crippen LogP contribution < -0.4 is 10.6 Å². The van der Waals surface area contributed by atoms with E-state index in [1.807, 2.05) is 35.6 Å². The van der Waals surface area contributed by atoms with E-state index >= 15 is 0 Å². The number of hydrogen-bond acceptors (Lipinski definition) is 7. The number of rotatable bonds is 12. The molecular weight excluding hydrogens is 573 g/mol. The second-order valence-electron chi connectivity index (χ2n) is 11.4. The highest BCUT2D eigenvalue weighted by atomic mass is 19.4. The number of ether oxygens (including phenoxy) is 1. The molecule has 4 rings (SSSR count). The molecule has 2 N–H and O–H groups in total. The zero-order chi connectivity index (χ0) is 32.1. The molecule has 234 valence electrons. The van der Waals surface area contributed by atoms with Crippen LogP contribution >= 0.6 is 0 Å². The normalized spacial score (nSPS) is 13.8. The Bertz CT molecular complexity index is 1600. The van der Waals surface area contributed by atoms with Crippen LogP contribution in [0.3, 0.4) is 0 Å². The Morgan fingerprint density at radius 1 is 1.02 bits per heavy atom. The third-order valence-corrected chi connectivity index (χ3v) is 7.42. The number of nitrogens with one attached hydrogen (secondary N) is 2. The monoisotopic (exact) mass is 610 g/mol. The van der Waals surface area contributed by atoms with Crippen LogP contribution in [-0.4, -0.2) is 49.7 Å². The first kappa shape index (κ1) is 32.4. The maximum atomic E-state index is 13.0. The van der Waals surface area contributed by atoms with E-state index in [9.17, 15) is 22.8 Å². The first-order valence-electron chi connectivity index (χ1n) is 14.5. The predicted octanol–water partition coefficient (Wildman–Crippen LogP) is 6.26. The zero-order valence-electron chi connectivity index (χ0n) is 25.4. The number of carbonyl (C=O) groups excluding carboxylic acids is 2. The SMILES string of the molecule is CC[C@@](C)(Nc1ccnc(-c2cn(COC(=O)[C@H](C)c3ccc(CC(C)C)cc3)c3ncccc23)n1)C(=O)NCC(F)(F)F. The van der Waals surface area contributed by atoms with Gasteiger partial charge in [-0.05, 0) is 61.9 Å². The van der Waals surface area contributed by atoms with E-state index in [0.717, 1.165) is 12.0 Å². The van der Waals surface area contributed by atoms with E-state index < -0.39 is 30.1 Å². The Balaban J connectivity index is 1.51. The van der Waals surface area contributed by atoms with Crippen molar-refractivity contribution in [3.63, 3.8) is 0 Å². The molecule has 0 saturated heterocycles. The number of benzene rings is 1. The van der Waals surface area contributed by atoms with Crippen molar-refractivity contribution < 1.29 is 27.5 Å². The molecule has 12 heteroatoms. The Morgan fingerprint density at radius 2 is 1.75 bits per heavy atom. The average molecular weight is 611 g/mol. The van der Waals surface area contributed by atoms with Crippen LogP contribution in [0.1, 0.15) is 58.1 Å². The fraction of sp³-hybridized carbons (Fsp3) is 0.406. The van der Waals surface area contributed by atoms with Crippen LogP contribution in [0.5, 0.6) is 0 Å². The van der Waals surface area contributed by atoms with E-state index in [4.69, 9.17) is 4.74 Å². The van der Waals surface area contributed by atoms with Crippen LogP contribution in [0.25, 0.3) is 22.4 Å². The lowest BCUT2D eigenvalue weighted by Crippen LogP contribution is -2.52. The van der Waals surface area contributed by atoms with Crippen LogP contribution in [0.2, 0.25) is 0 Å². The molecule has 0 fully saturated rings. The minimum atomic E-state index is -4.53. The number of nitrogens with zero attached hydrogens (tertiary/aromatic N) is 4. The maximum absolute atomic E-state index is 13.0. The van der Waals surface area contributed by atoms with Gasteiger partial charge in [0.2, 0.25) is 5.91 Å². The van der Waals surface area contributed by atoms with Gasteiger partial charge in [0, 0.05) is 29.5 Å². The number of carbonyl (C=O) groups is 2. The molecule has 0 aliphatic heterocycles. The molecule has 9 nitrogen and oxygen atoms in total. The highest BCUT2D eigenvalue weighted by Gasteiger charge is 2.35. The zero-order valence-corrected chi connectivity index (χ0v) is 25.4. The number of amides is 1. The molecule has 0 bridgehead atoms. The Morgan fingerprint density at radius 3 is 2.41 bits per heavy atom. The summed E-state index contributed by atoms with van der Waals surface area (Å²) in [5, 5.41) is 5.60. The largest absolute Gasteiger partial charge is 0.443 e. The number of fused-ring (bicyclic) bond motifs is 1. The number of esters is 1. The van der Waals surface area contributed by atoms with Crippen LogP contribution in [0.15, 0.2) is 61.1 Å². The third-order valence-electron chi connectivity index (χ3n) is 7.42. The van der Waals surface area contributed by atoms with E-state index in [2.05, 4.69) is 34.1 Å². The van der Waals surface area contributed by atoms with Crippen molar-refractivity contribution in [2.24, 2.45) is 5.92 Å². The van der Waals surface area contributed by atoms with Crippen molar-refractivity contribution in [2.45, 2.75) is 71.8 Å². The molecule has 2 atom stereocenters. The second kappa shape index (κ2) is 13.4. The molecule has 3 heterocycles. The number of pyridine rings is 1. The van der Waals surface area contributed by atoms with Crippen molar-refractivity contribution in [1.82, 2.24) is 24.8 Å². The van der Waals surface area contributed by atoms with Crippen molar-refractivity contribution in [1.29, 1.82) is 0 Å². The van der Waals surface area contributed by atoms with Gasteiger partial charge >= 0.3 is 12.1 Å². The molecular formula is C32H37F3N6O3. The topological polar surface area (TPSA) is 111 Å². The van der Waals surface area contributed by atoms with E-state index in [1.165, 1.54) is 24.8 Å². The van der Waals surface area contributed by atoms with Crippen LogP contribution in [0, 0.1) is 5.92 Å². The van der Waals surface area contributed by atoms with Gasteiger partial charge in [-0.25, -0.2) is 15.0 Å². The van der Waals surface area contributed by atoms with Crippen LogP contribution in [0.4, 0.5) is 19.0 Å². The lowest BCUT2D eigenvalue weighted by atomic mass is 9.97. The van der Waals surface area contributed by atoms with E-state index in [1.54, 1.807) is 36.9 Å². The smallest absolute Gasteiger partial charge is 0.405 e. The first-order chi connectivity index (χ1) is 20.8. The van der Waals surface area contributed by atoms with Gasteiger partial charge in [0.25, 0.3) is 0 Å². The van der Waals surface area contributed by atoms with Gasteiger partial charge < -0.3 is 15.4 Å². The summed E-state index contributed by atoms with van der Waals surface area (Å²) in [7, 11) is 0. The summed E-state index contributed by atoms with van der Waals surface area (Å²) in [5.41, 5.74) is 1.87. The molecule has 1 aromatic carbocycles. The minimum Gasteiger partial charge on any atom is -0.443 e. The molecule has 44 heavy (non-hydrogen) atoms. The third kappa shape index (κ3) is 7.91. The van der Waals surface area contributed by atoms with Crippen molar-refractivity contribution in [3.8, 4) is 11.4 Å². The van der Waals surface area contributed by atoms with Gasteiger partial charge in [0.05, 0.1) is 5.92 Å². The average Bonchev–Trinajstić information content (AvgIpc) is 3.36. The van der Waals surface area contributed by atoms with Gasteiger partial charge in [-0.3, -0.25) is 14.2 Å². The summed E-state index contributed by atoms with van der Waals surface area (Å²) >= 11 is 0. The number of alkyl halides is 3. The molecule has 4 aromatic rings. The van der Waals surface area contributed by atoms with Gasteiger partial charge in [-0.15, -0.1) is 0 Å². The predicted molar refractivity (Wildman–Crippen MR) is 162 cm³/mol. The Kier molecular flexibility index (Phi) is 9.91. The van der Waals surface area contributed by atoms with E-state index in [-0.39, 0.29) is 24.9 Å². The number of hydrogen-bond donors (Lipinski definition) is 2. The summed E-state index contributed by atoms with van der Waals surface area (Å²) in [6.45, 7) is 7.79. The molecule has 0 saturated carbocycles. The Hall–Kier alpha value is -4.48. The number of halogens is 3. The molecule has 3 aromatic heterocycles. The summed E-state index contributed by atoms with van der Waals surface area (Å²) in [4.78, 5) is 39.0. The fourth-order valence-corrected chi connectivity index (χ4v) is 4.73. The number of anilines is 1. The molecule has 0 spiro atoms. The van der Waals surface area contributed by atoms with Crippen molar-refractivity contribution in [2.75, 3.05) is 11.9 Å². The quantitative estimate of drug-likeness (QED) is 0.182. The van der Waals surface area contributed by atoms with Gasteiger partial charge in [0.1, 0.15) is 23.5 Å².